The van der Waals surface area contributed by atoms with Gasteiger partial charge in [-0.1, -0.05) is 17.7 Å². The van der Waals surface area contributed by atoms with E-state index in [4.69, 9.17) is 11.6 Å². The Bertz CT molecular complexity index is 1120. The van der Waals surface area contributed by atoms with Gasteiger partial charge in [0.2, 0.25) is 5.91 Å². The molecule has 32 heavy (non-hydrogen) atoms. The normalized spacial score (nSPS) is 15.4. The second-order valence-corrected chi connectivity index (χ2v) is 8.05. The third kappa shape index (κ3) is 4.34. The predicted molar refractivity (Wildman–Crippen MR) is 109 cm³/mol. The molecule has 1 aromatic carbocycles. The zero-order chi connectivity index (χ0) is 23.0. The van der Waals surface area contributed by atoms with Crippen LogP contribution in [0.15, 0.2) is 30.3 Å². The monoisotopic (exact) mass is 470 g/mol. The average Bonchev–Trinajstić information content (AvgIpc) is 3.20. The van der Waals surface area contributed by atoms with Crippen LogP contribution in [0.3, 0.4) is 0 Å². The van der Waals surface area contributed by atoms with Crippen molar-refractivity contribution >= 4 is 29.0 Å². The first kappa shape index (κ1) is 22.3. The number of piperidine rings is 1. The summed E-state index contributed by atoms with van der Waals surface area (Å²) in [6.07, 6.45) is -3.69. The van der Waals surface area contributed by atoms with Gasteiger partial charge in [0.05, 0.1) is 0 Å². The van der Waals surface area contributed by atoms with Gasteiger partial charge in [0.15, 0.2) is 5.65 Å². The summed E-state index contributed by atoms with van der Waals surface area (Å²) in [4.78, 5) is 16.1. The Morgan fingerprint density at radius 3 is 2.56 bits per heavy atom. The van der Waals surface area contributed by atoms with Gasteiger partial charge >= 0.3 is 6.18 Å². The van der Waals surface area contributed by atoms with Crippen molar-refractivity contribution in [3.8, 4) is 0 Å². The van der Waals surface area contributed by atoms with Gasteiger partial charge in [0, 0.05) is 43.2 Å². The summed E-state index contributed by atoms with van der Waals surface area (Å²) in [6.45, 7) is 0.927. The Balaban J connectivity index is 1.42. The number of carbonyl (C=O) groups is 1. The zero-order valence-corrected chi connectivity index (χ0v) is 17.7. The maximum absolute atomic E-state index is 14.0. The Labute approximate surface area is 185 Å². The van der Waals surface area contributed by atoms with Gasteiger partial charge in [-0.25, -0.2) is 4.39 Å². The van der Waals surface area contributed by atoms with E-state index < -0.39 is 17.8 Å². The molecule has 1 aliphatic rings. The van der Waals surface area contributed by atoms with E-state index in [0.717, 1.165) is 0 Å². The molecule has 12 heteroatoms. The fourth-order valence-electron chi connectivity index (χ4n) is 3.79. The van der Waals surface area contributed by atoms with Crippen LogP contribution in [0.1, 0.15) is 24.2 Å². The highest BCUT2D eigenvalue weighted by Crippen LogP contribution is 2.29. The fraction of sp³-hybridized carbons (Fsp3) is 0.400. The Hall–Kier alpha value is -2.95. The SMILES string of the molecule is CN(Cc1c(F)cccc1Cl)C(=O)C1CCN(c2ccc3nnc(C(F)(F)F)n3n2)CC1. The number of halogens is 5. The van der Waals surface area contributed by atoms with Crippen LogP contribution in [0, 0.1) is 11.7 Å². The molecule has 0 atom stereocenters. The van der Waals surface area contributed by atoms with Crippen LogP contribution < -0.4 is 4.90 Å². The molecular weight excluding hydrogens is 452 g/mol. The van der Waals surface area contributed by atoms with Crippen LogP contribution in [0.25, 0.3) is 5.65 Å². The molecule has 1 amide bonds. The van der Waals surface area contributed by atoms with Crippen molar-refractivity contribution in [1.82, 2.24) is 24.7 Å². The van der Waals surface area contributed by atoms with Gasteiger partial charge in [0.1, 0.15) is 11.6 Å². The number of nitrogens with zero attached hydrogens (tertiary/aromatic N) is 6. The van der Waals surface area contributed by atoms with E-state index in [1.54, 1.807) is 19.2 Å². The van der Waals surface area contributed by atoms with Crippen molar-refractivity contribution in [3.05, 3.63) is 52.6 Å². The molecule has 4 rings (SSSR count). The number of hydrogen-bond donors (Lipinski definition) is 0. The van der Waals surface area contributed by atoms with Crippen LogP contribution in [0.4, 0.5) is 23.4 Å². The molecule has 7 nitrogen and oxygen atoms in total. The first-order chi connectivity index (χ1) is 15.1. The molecule has 3 heterocycles. The van der Waals surface area contributed by atoms with Gasteiger partial charge in [-0.3, -0.25) is 4.79 Å². The number of anilines is 1. The van der Waals surface area contributed by atoms with E-state index in [1.807, 2.05) is 4.90 Å². The molecule has 0 radical (unpaired) electrons. The van der Waals surface area contributed by atoms with Gasteiger partial charge in [0.25, 0.3) is 5.82 Å². The summed E-state index contributed by atoms with van der Waals surface area (Å²) in [5.41, 5.74) is 0.258. The minimum atomic E-state index is -4.67. The highest BCUT2D eigenvalue weighted by molar-refractivity contribution is 6.31. The van der Waals surface area contributed by atoms with Crippen LogP contribution in [0.5, 0.6) is 0 Å². The Kier molecular flexibility index (Phi) is 5.93. The summed E-state index contributed by atoms with van der Waals surface area (Å²) in [7, 11) is 1.59. The lowest BCUT2D eigenvalue weighted by molar-refractivity contribution is -0.146. The minimum absolute atomic E-state index is 0.000400. The van der Waals surface area contributed by atoms with Crippen LogP contribution >= 0.6 is 11.6 Å². The second-order valence-electron chi connectivity index (χ2n) is 7.64. The van der Waals surface area contributed by atoms with E-state index in [0.29, 0.717) is 36.3 Å². The van der Waals surface area contributed by atoms with Gasteiger partial charge in [-0.05, 0) is 37.1 Å². The molecule has 0 aliphatic carbocycles. The maximum atomic E-state index is 14.0. The van der Waals surface area contributed by atoms with Crippen LogP contribution in [-0.2, 0) is 17.5 Å². The lowest BCUT2D eigenvalue weighted by Crippen LogP contribution is -2.41. The minimum Gasteiger partial charge on any atom is -0.355 e. The smallest absolute Gasteiger partial charge is 0.355 e. The van der Waals surface area contributed by atoms with Crippen molar-refractivity contribution in [2.24, 2.45) is 5.92 Å². The number of hydrogen-bond acceptors (Lipinski definition) is 5. The van der Waals surface area contributed by atoms with Crippen molar-refractivity contribution in [1.29, 1.82) is 0 Å². The van der Waals surface area contributed by atoms with Crippen molar-refractivity contribution in [2.75, 3.05) is 25.0 Å². The van der Waals surface area contributed by atoms with E-state index in [9.17, 15) is 22.4 Å². The van der Waals surface area contributed by atoms with Gasteiger partial charge < -0.3 is 9.80 Å². The molecule has 1 saturated heterocycles. The highest BCUT2D eigenvalue weighted by atomic mass is 35.5. The molecule has 3 aromatic rings. The molecule has 2 aromatic heterocycles. The Morgan fingerprint density at radius 1 is 1.19 bits per heavy atom. The lowest BCUT2D eigenvalue weighted by atomic mass is 9.95. The summed E-state index contributed by atoms with van der Waals surface area (Å²) in [5, 5.41) is 11.0. The molecule has 170 valence electrons. The van der Waals surface area contributed by atoms with Crippen molar-refractivity contribution in [3.63, 3.8) is 0 Å². The molecule has 0 bridgehead atoms. The number of aromatic nitrogens is 4. The lowest BCUT2D eigenvalue weighted by Gasteiger charge is -2.33. The van der Waals surface area contributed by atoms with E-state index in [2.05, 4.69) is 15.3 Å². The third-order valence-corrected chi connectivity index (χ3v) is 5.86. The number of fused-ring (bicyclic) bond motifs is 1. The molecule has 0 saturated carbocycles. The molecular formula is C20H19ClF4N6O. The number of rotatable bonds is 4. The van der Waals surface area contributed by atoms with Crippen molar-refractivity contribution < 1.29 is 22.4 Å². The quantitative estimate of drug-likeness (QED) is 0.542. The number of carbonyl (C=O) groups excluding carboxylic acids is 1. The second kappa shape index (κ2) is 8.53. The van der Waals surface area contributed by atoms with Gasteiger partial charge in [-0.2, -0.15) is 17.7 Å². The summed E-state index contributed by atoms with van der Waals surface area (Å²) < 4.78 is 54.0. The van der Waals surface area contributed by atoms with E-state index >= 15 is 0 Å². The van der Waals surface area contributed by atoms with Gasteiger partial charge in [-0.15, -0.1) is 15.3 Å². The molecule has 0 unspecified atom stereocenters. The zero-order valence-electron chi connectivity index (χ0n) is 17.0. The van der Waals surface area contributed by atoms with Crippen molar-refractivity contribution in [2.45, 2.75) is 25.6 Å². The predicted octanol–water partition coefficient (Wildman–Crippen LogP) is 3.81. The third-order valence-electron chi connectivity index (χ3n) is 5.50. The molecule has 0 spiro atoms. The number of benzene rings is 1. The molecule has 0 N–H and O–H groups in total. The van der Waals surface area contributed by atoms with E-state index in [1.165, 1.54) is 23.1 Å². The standard InChI is InChI=1S/C20H19ClF4N6O/c1-29(11-13-14(21)3-2-4-15(13)22)18(32)12-7-9-30(10-8-12)17-6-5-16-26-27-19(20(23,24)25)31(16)28-17/h2-6,12H,7-11H2,1H3. The average molecular weight is 471 g/mol. The number of alkyl halides is 3. The summed E-state index contributed by atoms with van der Waals surface area (Å²) >= 11 is 6.05. The highest BCUT2D eigenvalue weighted by Gasteiger charge is 2.38. The van der Waals surface area contributed by atoms with Crippen LogP contribution in [-0.4, -0.2) is 50.8 Å². The molecule has 1 fully saturated rings. The van der Waals surface area contributed by atoms with E-state index in [-0.39, 0.29) is 34.6 Å². The molecule has 1 aliphatic heterocycles. The maximum Gasteiger partial charge on any atom is 0.453 e. The largest absolute Gasteiger partial charge is 0.453 e. The first-order valence-corrected chi connectivity index (χ1v) is 10.3. The fourth-order valence-corrected chi connectivity index (χ4v) is 4.01. The topological polar surface area (TPSA) is 66.6 Å². The first-order valence-electron chi connectivity index (χ1n) is 9.87. The summed E-state index contributed by atoms with van der Waals surface area (Å²) in [6, 6.07) is 7.37. The number of amides is 1. The summed E-state index contributed by atoms with van der Waals surface area (Å²) in [5.74, 6) is -1.73. The Morgan fingerprint density at radius 2 is 1.91 bits per heavy atom. The van der Waals surface area contributed by atoms with Crippen LogP contribution in [0.2, 0.25) is 5.02 Å².